The second-order valence-corrected chi connectivity index (χ2v) is 9.23. The third-order valence-corrected chi connectivity index (χ3v) is 5.63. The van der Waals surface area contributed by atoms with Gasteiger partial charge in [0.1, 0.15) is 11.7 Å². The summed E-state index contributed by atoms with van der Waals surface area (Å²) in [7, 11) is 0. The van der Waals surface area contributed by atoms with Crippen LogP contribution in [0.25, 0.3) is 0 Å². The molecule has 0 radical (unpaired) electrons. The molecule has 0 spiro atoms. The number of carbonyl (C=O) groups excluding carboxylic acids is 1. The Morgan fingerprint density at radius 3 is 2.40 bits per heavy atom. The largest absolute Gasteiger partial charge is 0.478 e. The van der Waals surface area contributed by atoms with Gasteiger partial charge in [-0.05, 0) is 57.0 Å². The van der Waals surface area contributed by atoms with Crippen molar-refractivity contribution in [2.45, 2.75) is 51.7 Å². The number of rotatable bonds is 8. The van der Waals surface area contributed by atoms with E-state index in [-0.39, 0.29) is 23.4 Å². The molecule has 0 aliphatic rings. The molecule has 1 amide bonds. The van der Waals surface area contributed by atoms with Gasteiger partial charge in [0.2, 0.25) is 5.91 Å². The number of aliphatic hydroxyl groups excluding tert-OH is 1. The summed E-state index contributed by atoms with van der Waals surface area (Å²) in [6.45, 7) is 6.36. The molecule has 0 saturated heterocycles. The average Bonchev–Trinajstić information content (AvgIpc) is 2.75. The first-order valence-electron chi connectivity index (χ1n) is 10.9. The number of hydrogen-bond donors (Lipinski definition) is 2. The van der Waals surface area contributed by atoms with Crippen molar-refractivity contribution in [1.29, 1.82) is 0 Å². The van der Waals surface area contributed by atoms with Gasteiger partial charge in [-0.2, -0.15) is 8.78 Å². The molecule has 0 aliphatic carbocycles. The molecular formula is C26H26ClF3N2O3. The minimum atomic E-state index is -3.39. The molecule has 9 heteroatoms. The molecule has 1 heterocycles. The van der Waals surface area contributed by atoms with E-state index in [4.69, 9.17) is 16.3 Å². The van der Waals surface area contributed by atoms with Crippen LogP contribution in [0.5, 0.6) is 5.75 Å². The number of nitrogens with one attached hydrogen (secondary N) is 1. The molecule has 0 bridgehead atoms. The number of hydrogen-bond acceptors (Lipinski definition) is 4. The maximum absolute atomic E-state index is 14.8. The van der Waals surface area contributed by atoms with Crippen LogP contribution in [0.15, 0.2) is 54.7 Å². The van der Waals surface area contributed by atoms with E-state index >= 15 is 0 Å². The van der Waals surface area contributed by atoms with Crippen molar-refractivity contribution in [2.75, 3.05) is 5.32 Å². The van der Waals surface area contributed by atoms with Crippen molar-refractivity contribution < 1.29 is 27.8 Å². The number of alkyl halides is 2. The van der Waals surface area contributed by atoms with Gasteiger partial charge >= 0.3 is 0 Å². The summed E-state index contributed by atoms with van der Waals surface area (Å²) in [5.74, 6) is -4.53. The lowest BCUT2D eigenvalue weighted by Gasteiger charge is -2.27. The predicted octanol–water partition coefficient (Wildman–Crippen LogP) is 6.15. The molecule has 0 saturated carbocycles. The Labute approximate surface area is 206 Å². The molecule has 3 rings (SSSR count). The number of benzene rings is 2. The first-order valence-corrected chi connectivity index (χ1v) is 11.2. The van der Waals surface area contributed by atoms with Crippen molar-refractivity contribution >= 4 is 23.2 Å². The normalized spacial score (nSPS) is 12.8. The summed E-state index contributed by atoms with van der Waals surface area (Å²) in [6, 6.07) is 10.9. The smallest absolute Gasteiger partial charge is 0.298 e. The standard InChI is InChI=1S/C26H26ClF3N2O3/c1-15-11-19(27)14-31-24(15)25(3,4)35-22-10-9-20(13-21(22)28)32-23(34)12-17-5-7-18(8-6-17)26(29,30)16(2)33/h5-11,13-14,16,33H,12H2,1-4H3,(H,32,34). The van der Waals surface area contributed by atoms with Crippen molar-refractivity contribution in [1.82, 2.24) is 4.98 Å². The Kier molecular flexibility index (Phi) is 7.77. The molecule has 1 atom stereocenters. The van der Waals surface area contributed by atoms with Crippen LogP contribution in [0.2, 0.25) is 5.02 Å². The predicted molar refractivity (Wildman–Crippen MR) is 128 cm³/mol. The molecule has 35 heavy (non-hydrogen) atoms. The van der Waals surface area contributed by atoms with Gasteiger partial charge in [0.15, 0.2) is 11.6 Å². The van der Waals surface area contributed by atoms with E-state index in [2.05, 4.69) is 10.3 Å². The van der Waals surface area contributed by atoms with Gasteiger partial charge in [-0.1, -0.05) is 35.9 Å². The number of aliphatic hydroxyl groups is 1. The van der Waals surface area contributed by atoms with E-state index in [1.165, 1.54) is 42.6 Å². The van der Waals surface area contributed by atoms with Gasteiger partial charge in [-0.15, -0.1) is 0 Å². The minimum Gasteiger partial charge on any atom is -0.478 e. The lowest BCUT2D eigenvalue weighted by Crippen LogP contribution is -2.28. The van der Waals surface area contributed by atoms with E-state index in [1.54, 1.807) is 19.9 Å². The van der Waals surface area contributed by atoms with Crippen molar-refractivity contribution in [2.24, 2.45) is 0 Å². The summed E-state index contributed by atoms with van der Waals surface area (Å²) in [4.78, 5) is 16.7. The Morgan fingerprint density at radius 2 is 1.83 bits per heavy atom. The quantitative estimate of drug-likeness (QED) is 0.384. The van der Waals surface area contributed by atoms with Crippen molar-refractivity contribution in [3.05, 3.63) is 88.0 Å². The highest BCUT2D eigenvalue weighted by atomic mass is 35.5. The number of pyridine rings is 1. The van der Waals surface area contributed by atoms with Crippen LogP contribution in [0.1, 0.15) is 43.2 Å². The van der Waals surface area contributed by atoms with Crippen LogP contribution in [0.4, 0.5) is 18.9 Å². The lowest BCUT2D eigenvalue weighted by molar-refractivity contribution is -0.115. The first kappa shape index (κ1) is 26.5. The van der Waals surface area contributed by atoms with Crippen LogP contribution >= 0.6 is 11.6 Å². The number of anilines is 1. The van der Waals surface area contributed by atoms with E-state index in [1.807, 2.05) is 6.92 Å². The van der Waals surface area contributed by atoms with Crippen LogP contribution in [-0.2, 0) is 22.7 Å². The second kappa shape index (κ2) is 10.3. The molecule has 0 fully saturated rings. The number of ether oxygens (including phenoxy) is 1. The number of amides is 1. The molecule has 0 aliphatic heterocycles. The fourth-order valence-corrected chi connectivity index (χ4v) is 3.84. The summed E-state index contributed by atoms with van der Waals surface area (Å²) >= 11 is 5.96. The molecule has 1 unspecified atom stereocenters. The van der Waals surface area contributed by atoms with Crippen LogP contribution < -0.4 is 10.1 Å². The van der Waals surface area contributed by atoms with E-state index < -0.39 is 29.4 Å². The lowest BCUT2D eigenvalue weighted by atomic mass is 9.99. The van der Waals surface area contributed by atoms with Gasteiger partial charge in [-0.25, -0.2) is 4.39 Å². The van der Waals surface area contributed by atoms with Crippen molar-refractivity contribution in [3.8, 4) is 5.75 Å². The summed E-state index contributed by atoms with van der Waals surface area (Å²) in [5, 5.41) is 12.3. The fraction of sp³-hybridized carbons (Fsp3) is 0.308. The molecule has 2 aromatic carbocycles. The van der Waals surface area contributed by atoms with Crippen LogP contribution in [0.3, 0.4) is 0 Å². The molecule has 5 nitrogen and oxygen atoms in total. The third-order valence-electron chi connectivity index (χ3n) is 5.42. The maximum atomic E-state index is 14.8. The molecule has 186 valence electrons. The molecule has 1 aromatic heterocycles. The minimum absolute atomic E-state index is 0.0150. The third kappa shape index (κ3) is 6.32. The Hall–Kier alpha value is -3.10. The van der Waals surface area contributed by atoms with Gasteiger partial charge in [-0.3, -0.25) is 9.78 Å². The highest BCUT2D eigenvalue weighted by molar-refractivity contribution is 6.30. The zero-order valence-corrected chi connectivity index (χ0v) is 20.5. The number of halogens is 4. The zero-order chi connectivity index (χ0) is 26.0. The fourth-order valence-electron chi connectivity index (χ4n) is 3.63. The maximum Gasteiger partial charge on any atom is 0.298 e. The van der Waals surface area contributed by atoms with E-state index in [0.29, 0.717) is 16.3 Å². The summed E-state index contributed by atoms with van der Waals surface area (Å²) in [5.41, 5.74) is 0.819. The monoisotopic (exact) mass is 506 g/mol. The van der Waals surface area contributed by atoms with Gasteiger partial charge in [0, 0.05) is 23.5 Å². The Balaban J connectivity index is 1.66. The van der Waals surface area contributed by atoms with Gasteiger partial charge in [0.25, 0.3) is 5.92 Å². The number of carbonyl (C=O) groups is 1. The second-order valence-electron chi connectivity index (χ2n) is 8.80. The van der Waals surface area contributed by atoms with E-state index in [9.17, 15) is 23.1 Å². The Bertz CT molecular complexity index is 1210. The SMILES string of the molecule is Cc1cc(Cl)cnc1C(C)(C)Oc1ccc(NC(=O)Cc2ccc(C(F)(F)C(C)O)cc2)cc1F. The summed E-state index contributed by atoms with van der Waals surface area (Å²) < 4.78 is 48.4. The number of aryl methyl sites for hydroxylation is 1. The summed E-state index contributed by atoms with van der Waals surface area (Å²) in [6.07, 6.45) is -0.443. The first-order chi connectivity index (χ1) is 16.3. The highest BCUT2D eigenvalue weighted by Gasteiger charge is 2.37. The number of nitrogens with zero attached hydrogens (tertiary/aromatic N) is 1. The highest BCUT2D eigenvalue weighted by Crippen LogP contribution is 2.33. The molecule has 3 aromatic rings. The van der Waals surface area contributed by atoms with Crippen molar-refractivity contribution in [3.63, 3.8) is 0 Å². The van der Waals surface area contributed by atoms with Gasteiger partial charge in [0.05, 0.1) is 17.1 Å². The Morgan fingerprint density at radius 1 is 1.17 bits per heavy atom. The zero-order valence-electron chi connectivity index (χ0n) is 19.7. The van der Waals surface area contributed by atoms with Crippen LogP contribution in [0, 0.1) is 12.7 Å². The average molecular weight is 507 g/mol. The van der Waals surface area contributed by atoms with Crippen LogP contribution in [-0.4, -0.2) is 22.1 Å². The molecule has 2 N–H and O–H groups in total. The molecular weight excluding hydrogens is 481 g/mol. The topological polar surface area (TPSA) is 71.5 Å². The van der Waals surface area contributed by atoms with E-state index in [0.717, 1.165) is 18.6 Å². The van der Waals surface area contributed by atoms with Gasteiger partial charge < -0.3 is 15.2 Å². The number of aromatic nitrogens is 1.